The summed E-state index contributed by atoms with van der Waals surface area (Å²) in [5.74, 6) is -1.45. The Hall–Kier alpha value is -3.22. The molecule has 1 aromatic heterocycles. The molecule has 1 N–H and O–H groups in total. The van der Waals surface area contributed by atoms with Crippen molar-refractivity contribution < 1.29 is 45.6 Å². The second-order valence-corrected chi connectivity index (χ2v) is 14.1. The number of sulfonamides is 1. The van der Waals surface area contributed by atoms with Crippen LogP contribution in [-0.2, 0) is 26.0 Å². The molecule has 0 radical (unpaired) electrons. The van der Waals surface area contributed by atoms with Gasteiger partial charge in [0.1, 0.15) is 28.0 Å². The first-order valence-corrected chi connectivity index (χ1v) is 16.8. The molecule has 1 saturated carbocycles. The lowest BCUT2D eigenvalue weighted by Gasteiger charge is -2.26. The number of carbonyl (C=O) groups excluding carboxylic acids is 1. The lowest BCUT2D eigenvalue weighted by Crippen LogP contribution is -2.40. The van der Waals surface area contributed by atoms with Crippen LogP contribution in [0.2, 0.25) is 10.0 Å². The number of thioether (sulfide) groups is 1. The van der Waals surface area contributed by atoms with Crippen LogP contribution in [0, 0.1) is 23.1 Å². The summed E-state index contributed by atoms with van der Waals surface area (Å²) in [5, 5.41) is 8.31. The van der Waals surface area contributed by atoms with E-state index in [-0.39, 0.29) is 57.7 Å². The van der Waals surface area contributed by atoms with E-state index in [1.807, 2.05) is 0 Å². The minimum atomic E-state index is -4.35. The van der Waals surface area contributed by atoms with Crippen molar-refractivity contribution in [2.45, 2.75) is 42.2 Å². The van der Waals surface area contributed by atoms with Crippen LogP contribution in [0.25, 0.3) is 0 Å². The molecule has 1 aliphatic heterocycles. The number of nitriles is 1. The van der Waals surface area contributed by atoms with Crippen LogP contribution in [0.1, 0.15) is 35.6 Å². The number of alkyl halides is 2. The Morgan fingerprint density at radius 1 is 1.13 bits per heavy atom. The number of pyridine rings is 1. The van der Waals surface area contributed by atoms with Gasteiger partial charge in [0.2, 0.25) is 10.0 Å². The van der Waals surface area contributed by atoms with Gasteiger partial charge in [-0.05, 0) is 54.7 Å². The van der Waals surface area contributed by atoms with Crippen molar-refractivity contribution in [1.29, 1.82) is 5.26 Å². The molecule has 9 nitrogen and oxygen atoms in total. The van der Waals surface area contributed by atoms with Crippen molar-refractivity contribution in [3.63, 3.8) is 0 Å². The average molecular weight is 704 g/mol. The monoisotopic (exact) mass is 702 g/mol. The van der Waals surface area contributed by atoms with Crippen molar-refractivity contribution >= 4 is 51.0 Å². The lowest BCUT2D eigenvalue weighted by molar-refractivity contribution is -0.377. The maximum atomic E-state index is 13.9. The maximum Gasteiger partial charge on any atom is 0.387 e. The van der Waals surface area contributed by atoms with Gasteiger partial charge in [0.05, 0.1) is 17.1 Å². The molecule has 1 aliphatic carbocycles. The number of rotatable bonds is 12. The van der Waals surface area contributed by atoms with Crippen molar-refractivity contribution in [2.24, 2.45) is 5.92 Å². The van der Waals surface area contributed by atoms with Gasteiger partial charge < -0.3 is 14.2 Å². The van der Waals surface area contributed by atoms with Crippen LogP contribution < -0.4 is 14.5 Å². The predicted molar refractivity (Wildman–Crippen MR) is 158 cm³/mol. The third kappa shape index (κ3) is 7.78. The second kappa shape index (κ2) is 14.0. The average Bonchev–Trinajstić information content (AvgIpc) is 3.69. The highest BCUT2D eigenvalue weighted by Gasteiger charge is 2.42. The smallest absolute Gasteiger partial charge is 0.387 e. The van der Waals surface area contributed by atoms with Crippen LogP contribution in [-0.4, -0.2) is 49.6 Å². The number of aromatic nitrogens is 1. The molecule has 0 spiro atoms. The Bertz CT molecular complexity index is 1720. The van der Waals surface area contributed by atoms with Gasteiger partial charge >= 0.3 is 12.6 Å². The van der Waals surface area contributed by atoms with Gasteiger partial charge in [0.15, 0.2) is 29.3 Å². The predicted octanol–water partition coefficient (Wildman–Crippen LogP) is 5.80. The SMILES string of the molecule is N#Cc1cc(S(=O)(=O)N2CCS[C@H]2C(=O)O[C@@H](Cc2c(Cl)c[nH+]cc2Cl)c2ccc(OC(F)F)c(OCC3CC3)c2)ccc1F. The van der Waals surface area contributed by atoms with Crippen molar-refractivity contribution in [3.05, 3.63) is 81.3 Å². The van der Waals surface area contributed by atoms with Gasteiger partial charge in [-0.3, -0.25) is 0 Å². The normalized spacial score (nSPS) is 17.6. The Balaban J connectivity index is 1.47. The van der Waals surface area contributed by atoms with E-state index < -0.39 is 45.5 Å². The molecule has 0 bridgehead atoms. The largest absolute Gasteiger partial charge is 0.489 e. The first-order valence-electron chi connectivity index (χ1n) is 13.6. The highest BCUT2D eigenvalue weighted by atomic mass is 35.5. The van der Waals surface area contributed by atoms with Crippen LogP contribution in [0.3, 0.4) is 0 Å². The van der Waals surface area contributed by atoms with Gasteiger partial charge in [-0.15, -0.1) is 11.8 Å². The topological polar surface area (TPSA) is 120 Å². The molecule has 2 atom stereocenters. The Labute approximate surface area is 271 Å². The third-order valence-electron chi connectivity index (χ3n) is 7.09. The van der Waals surface area contributed by atoms with E-state index in [1.54, 1.807) is 6.07 Å². The lowest BCUT2D eigenvalue weighted by atomic mass is 10.0. The number of benzene rings is 2. The number of esters is 1. The summed E-state index contributed by atoms with van der Waals surface area (Å²) in [6.45, 7) is -2.88. The summed E-state index contributed by atoms with van der Waals surface area (Å²) in [4.78, 5) is 16.1. The molecule has 3 aromatic rings. The van der Waals surface area contributed by atoms with Crippen LogP contribution in [0.5, 0.6) is 11.5 Å². The Morgan fingerprint density at radius 2 is 1.87 bits per heavy atom. The number of H-pyrrole nitrogens is 1. The fraction of sp³-hybridized carbons (Fsp3) is 0.345. The molecule has 0 amide bonds. The van der Waals surface area contributed by atoms with Gasteiger partial charge in [0.25, 0.3) is 0 Å². The molecule has 2 aliphatic rings. The van der Waals surface area contributed by atoms with Gasteiger partial charge in [-0.2, -0.15) is 18.3 Å². The molecule has 2 aromatic carbocycles. The molecule has 2 fully saturated rings. The number of ether oxygens (including phenoxy) is 3. The zero-order valence-electron chi connectivity index (χ0n) is 23.2. The van der Waals surface area contributed by atoms with E-state index in [4.69, 9.17) is 32.7 Å². The van der Waals surface area contributed by atoms with Crippen molar-refractivity contribution in [3.8, 4) is 17.6 Å². The minimum Gasteiger partial charge on any atom is -0.489 e. The molecule has 5 rings (SSSR count). The Kier molecular flexibility index (Phi) is 10.3. The summed E-state index contributed by atoms with van der Waals surface area (Å²) in [5.41, 5.74) is 0.266. The van der Waals surface area contributed by atoms with Crippen LogP contribution in [0.15, 0.2) is 53.7 Å². The summed E-state index contributed by atoms with van der Waals surface area (Å²) < 4.78 is 84.5. The van der Waals surface area contributed by atoms with Crippen molar-refractivity contribution in [1.82, 2.24) is 4.31 Å². The summed E-state index contributed by atoms with van der Waals surface area (Å²) >= 11 is 13.8. The minimum absolute atomic E-state index is 0.0170. The molecule has 1 saturated heterocycles. The van der Waals surface area contributed by atoms with Crippen LogP contribution in [0.4, 0.5) is 13.2 Å². The van der Waals surface area contributed by atoms with E-state index in [0.29, 0.717) is 11.1 Å². The molecular formula is C29H25Cl2F3N3O6S2+. The van der Waals surface area contributed by atoms with Gasteiger partial charge in [-0.1, -0.05) is 29.3 Å². The standard InChI is InChI=1S/C29H24Cl2F3N3O6S2/c30-21-13-36-14-22(31)20(21)11-25(17-3-6-24(43-29(33)34)26(10-17)41-15-16-1-2-16)42-28(38)27-37(7-8-44-27)45(39,40)19-4-5-23(32)18(9-19)12-35/h3-6,9-10,13-14,16,25,27,29H,1-2,7-8,11,15H2/p+1/t25-,27-/m0/s1. The zero-order valence-corrected chi connectivity index (χ0v) is 26.4. The zero-order chi connectivity index (χ0) is 32.3. The fourth-order valence-electron chi connectivity index (χ4n) is 4.58. The fourth-order valence-corrected chi connectivity index (χ4v) is 8.18. The number of hydrogen-bond donors (Lipinski definition) is 0. The summed E-state index contributed by atoms with van der Waals surface area (Å²) in [7, 11) is -4.35. The van der Waals surface area contributed by atoms with E-state index in [9.17, 15) is 31.6 Å². The van der Waals surface area contributed by atoms with Gasteiger partial charge in [0, 0.05) is 24.3 Å². The summed E-state index contributed by atoms with van der Waals surface area (Å²) in [6, 6.07) is 8.52. The number of aromatic amines is 1. The third-order valence-corrected chi connectivity index (χ3v) is 10.9. The van der Waals surface area contributed by atoms with Crippen LogP contribution >= 0.6 is 35.0 Å². The quantitative estimate of drug-likeness (QED) is 0.217. The Morgan fingerprint density at radius 3 is 2.53 bits per heavy atom. The molecule has 16 heteroatoms. The first-order chi connectivity index (χ1) is 21.5. The summed E-state index contributed by atoms with van der Waals surface area (Å²) in [6.07, 6.45) is 3.65. The van der Waals surface area contributed by atoms with E-state index in [1.165, 1.54) is 30.6 Å². The second-order valence-electron chi connectivity index (χ2n) is 10.2. The molecule has 238 valence electrons. The molecule has 0 unspecified atom stereocenters. The molecule has 45 heavy (non-hydrogen) atoms. The highest BCUT2D eigenvalue weighted by molar-refractivity contribution is 8.02. The number of nitrogens with zero attached hydrogens (tertiary/aromatic N) is 2. The number of nitrogens with one attached hydrogen (secondary N) is 1. The van der Waals surface area contributed by atoms with Crippen molar-refractivity contribution in [2.75, 3.05) is 18.9 Å². The maximum absolute atomic E-state index is 13.9. The highest BCUT2D eigenvalue weighted by Crippen LogP contribution is 2.39. The number of halogens is 5. The first kappa shape index (κ1) is 33.2. The molecule has 2 heterocycles. The van der Waals surface area contributed by atoms with Gasteiger partial charge in [-0.25, -0.2) is 22.6 Å². The number of carbonyl (C=O) groups is 1. The van der Waals surface area contributed by atoms with E-state index in [0.717, 1.165) is 47.1 Å². The van der Waals surface area contributed by atoms with E-state index >= 15 is 0 Å². The molecular weight excluding hydrogens is 678 g/mol. The number of hydrogen-bond acceptors (Lipinski definition) is 8. The van der Waals surface area contributed by atoms with E-state index in [2.05, 4.69) is 9.72 Å².